The molecule has 1 heterocycles. The minimum Gasteiger partial charge on any atom is -0.406 e. The van der Waals surface area contributed by atoms with Gasteiger partial charge in [0.2, 0.25) is 5.91 Å². The number of halogens is 5. The minimum atomic E-state index is -4.73. The maximum atomic E-state index is 12.2. The van der Waals surface area contributed by atoms with Gasteiger partial charge in [0.05, 0.1) is 0 Å². The molecule has 3 nitrogen and oxygen atoms in total. The molecule has 1 atom stereocenters. The van der Waals surface area contributed by atoms with Crippen LogP contribution in [0, 0.1) is 5.92 Å². The van der Waals surface area contributed by atoms with Gasteiger partial charge in [-0.3, -0.25) is 4.79 Å². The molecule has 2 aromatic rings. The summed E-state index contributed by atoms with van der Waals surface area (Å²) >= 11 is 12.7. The SMILES string of the molecule is O=C1NCC[C@H]1Cc1c(Cl)cc(-c2ccc(OC(F)(F)F)cc2)cc1Cl. The van der Waals surface area contributed by atoms with Crippen molar-refractivity contribution in [2.75, 3.05) is 6.54 Å². The van der Waals surface area contributed by atoms with Crippen molar-refractivity contribution in [3.63, 3.8) is 0 Å². The Balaban J connectivity index is 1.82. The molecule has 1 aliphatic rings. The van der Waals surface area contributed by atoms with Crippen LogP contribution < -0.4 is 10.1 Å². The Morgan fingerprint density at radius 1 is 1.08 bits per heavy atom. The van der Waals surface area contributed by atoms with E-state index in [2.05, 4.69) is 10.1 Å². The summed E-state index contributed by atoms with van der Waals surface area (Å²) in [6, 6.07) is 8.81. The summed E-state index contributed by atoms with van der Waals surface area (Å²) < 4.78 is 40.5. The number of amides is 1. The first-order valence-corrected chi connectivity index (χ1v) is 8.60. The van der Waals surface area contributed by atoms with E-state index in [1.807, 2.05) is 0 Å². The summed E-state index contributed by atoms with van der Waals surface area (Å²) in [5.41, 5.74) is 2.00. The second-order valence-electron chi connectivity index (χ2n) is 5.97. The molecule has 8 heteroatoms. The van der Waals surface area contributed by atoms with Gasteiger partial charge in [-0.15, -0.1) is 13.2 Å². The zero-order valence-corrected chi connectivity index (χ0v) is 14.9. The van der Waals surface area contributed by atoms with Crippen LogP contribution in [0.1, 0.15) is 12.0 Å². The lowest BCUT2D eigenvalue weighted by Gasteiger charge is -2.13. The van der Waals surface area contributed by atoms with Gasteiger partial charge in [0, 0.05) is 22.5 Å². The largest absolute Gasteiger partial charge is 0.573 e. The van der Waals surface area contributed by atoms with Crippen molar-refractivity contribution in [3.05, 3.63) is 52.0 Å². The van der Waals surface area contributed by atoms with Crippen LogP contribution in [-0.4, -0.2) is 18.8 Å². The van der Waals surface area contributed by atoms with Crippen LogP contribution >= 0.6 is 23.2 Å². The maximum absolute atomic E-state index is 12.2. The third kappa shape index (κ3) is 4.43. The molecule has 0 spiro atoms. The van der Waals surface area contributed by atoms with Gasteiger partial charge in [-0.05, 0) is 53.8 Å². The van der Waals surface area contributed by atoms with E-state index in [4.69, 9.17) is 23.2 Å². The van der Waals surface area contributed by atoms with Crippen molar-refractivity contribution in [2.45, 2.75) is 19.2 Å². The summed E-state index contributed by atoms with van der Waals surface area (Å²) in [4.78, 5) is 11.7. The third-order valence-corrected chi connectivity index (χ3v) is 4.85. The van der Waals surface area contributed by atoms with Crippen molar-refractivity contribution in [1.82, 2.24) is 5.32 Å². The molecule has 3 rings (SSSR count). The van der Waals surface area contributed by atoms with Crippen molar-refractivity contribution in [2.24, 2.45) is 5.92 Å². The van der Waals surface area contributed by atoms with E-state index in [-0.39, 0.29) is 17.6 Å². The number of rotatable bonds is 4. The van der Waals surface area contributed by atoms with Gasteiger partial charge in [0.25, 0.3) is 0 Å². The second kappa shape index (κ2) is 7.37. The molecule has 0 bridgehead atoms. The lowest BCUT2D eigenvalue weighted by Crippen LogP contribution is -2.20. The van der Waals surface area contributed by atoms with E-state index < -0.39 is 6.36 Å². The predicted molar refractivity (Wildman–Crippen MR) is 93.4 cm³/mol. The molecule has 0 aliphatic carbocycles. The molecule has 1 fully saturated rings. The third-order valence-electron chi connectivity index (χ3n) is 4.18. The average Bonchev–Trinajstić information content (AvgIpc) is 2.95. The summed E-state index contributed by atoms with van der Waals surface area (Å²) in [6.07, 6.45) is -3.56. The molecule has 0 aromatic heterocycles. The van der Waals surface area contributed by atoms with Gasteiger partial charge < -0.3 is 10.1 Å². The summed E-state index contributed by atoms with van der Waals surface area (Å²) in [5.74, 6) is -0.474. The zero-order chi connectivity index (χ0) is 18.9. The number of hydrogen-bond donors (Lipinski definition) is 1. The Bertz CT molecular complexity index is 799. The van der Waals surface area contributed by atoms with E-state index >= 15 is 0 Å². The maximum Gasteiger partial charge on any atom is 0.573 e. The summed E-state index contributed by atoms with van der Waals surface area (Å²) in [7, 11) is 0. The van der Waals surface area contributed by atoms with E-state index in [0.717, 1.165) is 6.42 Å². The highest BCUT2D eigenvalue weighted by molar-refractivity contribution is 6.36. The molecular formula is C18H14Cl2F3NO2. The molecule has 0 radical (unpaired) electrons. The summed E-state index contributed by atoms with van der Waals surface area (Å²) in [5, 5.41) is 3.61. The Labute approximate surface area is 158 Å². The first kappa shape index (κ1) is 18.9. The number of carbonyl (C=O) groups excluding carboxylic acids is 1. The van der Waals surface area contributed by atoms with Crippen molar-refractivity contribution in [1.29, 1.82) is 0 Å². The van der Waals surface area contributed by atoms with Crippen molar-refractivity contribution >= 4 is 29.1 Å². The van der Waals surface area contributed by atoms with Crippen molar-refractivity contribution in [3.8, 4) is 16.9 Å². The van der Waals surface area contributed by atoms with Crippen LogP contribution in [0.5, 0.6) is 5.75 Å². The molecular weight excluding hydrogens is 390 g/mol. The first-order valence-electron chi connectivity index (χ1n) is 7.85. The van der Waals surface area contributed by atoms with Gasteiger partial charge in [-0.2, -0.15) is 0 Å². The van der Waals surface area contributed by atoms with Crippen LogP contribution in [0.2, 0.25) is 10.0 Å². The van der Waals surface area contributed by atoms with E-state index in [0.29, 0.717) is 39.7 Å². The lowest BCUT2D eigenvalue weighted by molar-refractivity contribution is -0.274. The molecule has 2 aromatic carbocycles. The van der Waals surface area contributed by atoms with E-state index in [1.165, 1.54) is 24.3 Å². The molecule has 1 N–H and O–H groups in total. The molecule has 0 saturated carbocycles. The molecule has 1 amide bonds. The second-order valence-corrected chi connectivity index (χ2v) is 6.79. The van der Waals surface area contributed by atoms with Gasteiger partial charge in [0.15, 0.2) is 0 Å². The quantitative estimate of drug-likeness (QED) is 0.757. The number of benzene rings is 2. The zero-order valence-electron chi connectivity index (χ0n) is 13.4. The van der Waals surface area contributed by atoms with E-state index in [9.17, 15) is 18.0 Å². The molecule has 138 valence electrons. The first-order chi connectivity index (χ1) is 12.2. The standard InChI is InChI=1S/C18H14Cl2F3NO2/c19-15-8-12(10-1-3-13(4-2-10)26-18(21,22)23)9-16(20)14(15)7-11-5-6-24-17(11)25/h1-4,8-9,11H,5-7H2,(H,24,25)/t11-/m0/s1. The fourth-order valence-corrected chi connectivity index (χ4v) is 3.54. The Hall–Kier alpha value is -1.92. The van der Waals surface area contributed by atoms with Crippen LogP contribution in [-0.2, 0) is 11.2 Å². The monoisotopic (exact) mass is 403 g/mol. The topological polar surface area (TPSA) is 38.3 Å². The van der Waals surface area contributed by atoms with Crippen molar-refractivity contribution < 1.29 is 22.7 Å². The van der Waals surface area contributed by atoms with Crippen LogP contribution in [0.4, 0.5) is 13.2 Å². The number of hydrogen-bond acceptors (Lipinski definition) is 2. The smallest absolute Gasteiger partial charge is 0.406 e. The van der Waals surface area contributed by atoms with Gasteiger partial charge in [-0.25, -0.2) is 0 Å². The molecule has 1 aliphatic heterocycles. The minimum absolute atomic E-state index is 0.0125. The normalized spacial score (nSPS) is 17.3. The highest BCUT2D eigenvalue weighted by atomic mass is 35.5. The molecule has 0 unspecified atom stereocenters. The Kier molecular flexibility index (Phi) is 5.34. The Morgan fingerprint density at radius 3 is 2.19 bits per heavy atom. The highest BCUT2D eigenvalue weighted by Crippen LogP contribution is 2.35. The average molecular weight is 404 g/mol. The van der Waals surface area contributed by atoms with Crippen LogP contribution in [0.15, 0.2) is 36.4 Å². The van der Waals surface area contributed by atoms with Gasteiger partial charge in [-0.1, -0.05) is 35.3 Å². The Morgan fingerprint density at radius 2 is 1.69 bits per heavy atom. The van der Waals surface area contributed by atoms with Crippen LogP contribution in [0.25, 0.3) is 11.1 Å². The van der Waals surface area contributed by atoms with Crippen LogP contribution in [0.3, 0.4) is 0 Å². The predicted octanol–water partition coefficient (Wildman–Crippen LogP) is 5.24. The molecule has 1 saturated heterocycles. The number of ether oxygens (including phenoxy) is 1. The number of nitrogens with one attached hydrogen (secondary N) is 1. The summed E-state index contributed by atoms with van der Waals surface area (Å²) in [6.45, 7) is 0.642. The number of carbonyl (C=O) groups is 1. The van der Waals surface area contributed by atoms with Gasteiger partial charge >= 0.3 is 6.36 Å². The lowest BCUT2D eigenvalue weighted by atomic mass is 9.95. The fraction of sp³-hybridized carbons (Fsp3) is 0.278. The number of alkyl halides is 3. The van der Waals surface area contributed by atoms with E-state index in [1.54, 1.807) is 12.1 Å². The van der Waals surface area contributed by atoms with Gasteiger partial charge in [0.1, 0.15) is 5.75 Å². The fourth-order valence-electron chi connectivity index (χ4n) is 2.90. The highest BCUT2D eigenvalue weighted by Gasteiger charge is 2.31. The molecule has 26 heavy (non-hydrogen) atoms.